The molecule has 0 aromatic carbocycles. The molecule has 0 saturated carbocycles. The Bertz CT molecular complexity index is 230. The molecule has 3 atom stereocenters. The monoisotopic (exact) mass is 226 g/mol. The fourth-order valence-electron chi connectivity index (χ4n) is 2.38. The van der Waals surface area contributed by atoms with Gasteiger partial charge in [-0.25, -0.2) is 0 Å². The third kappa shape index (κ3) is 3.21. The molecule has 0 aromatic heterocycles. The molecule has 3 unspecified atom stereocenters. The number of nitrogens with zero attached hydrogens (tertiary/aromatic N) is 1. The van der Waals surface area contributed by atoms with E-state index in [1.807, 2.05) is 4.90 Å². The molecule has 0 aliphatic carbocycles. The number of carbonyl (C=O) groups excluding carboxylic acids is 1. The second-order valence-corrected chi connectivity index (χ2v) is 5.14. The van der Waals surface area contributed by atoms with Gasteiger partial charge in [0.05, 0.1) is 6.04 Å². The Morgan fingerprint density at radius 3 is 2.75 bits per heavy atom. The summed E-state index contributed by atoms with van der Waals surface area (Å²) in [6.07, 6.45) is 4.58. The molecule has 0 spiro atoms. The zero-order chi connectivity index (χ0) is 12.1. The van der Waals surface area contributed by atoms with E-state index in [1.54, 1.807) is 0 Å². The summed E-state index contributed by atoms with van der Waals surface area (Å²) in [6, 6.07) is -0.301. The zero-order valence-corrected chi connectivity index (χ0v) is 10.9. The highest BCUT2D eigenvalue weighted by molar-refractivity contribution is 5.82. The summed E-state index contributed by atoms with van der Waals surface area (Å²) in [5, 5.41) is 0. The molecular formula is C13H26N2O. The Kier molecular flexibility index (Phi) is 5.26. The first-order valence-corrected chi connectivity index (χ1v) is 6.64. The van der Waals surface area contributed by atoms with Crippen LogP contribution in [0.2, 0.25) is 0 Å². The maximum atomic E-state index is 12.1. The van der Waals surface area contributed by atoms with Gasteiger partial charge in [0.1, 0.15) is 0 Å². The largest absolute Gasteiger partial charge is 0.341 e. The van der Waals surface area contributed by atoms with Crippen LogP contribution < -0.4 is 5.73 Å². The number of likely N-dealkylation sites (tertiary alicyclic amines) is 1. The lowest BCUT2D eigenvalue weighted by atomic mass is 9.99. The molecular weight excluding hydrogens is 200 g/mol. The van der Waals surface area contributed by atoms with Crippen LogP contribution in [0.5, 0.6) is 0 Å². The van der Waals surface area contributed by atoms with Gasteiger partial charge < -0.3 is 10.6 Å². The van der Waals surface area contributed by atoms with E-state index in [0.29, 0.717) is 5.92 Å². The van der Waals surface area contributed by atoms with Crippen LogP contribution >= 0.6 is 0 Å². The topological polar surface area (TPSA) is 46.3 Å². The zero-order valence-electron chi connectivity index (χ0n) is 10.9. The Morgan fingerprint density at radius 2 is 2.19 bits per heavy atom. The van der Waals surface area contributed by atoms with Crippen molar-refractivity contribution in [3.8, 4) is 0 Å². The standard InChI is InChI=1S/C13H26N2O/c1-4-6-11-7-8-15(9-11)13(16)12(14)10(3)5-2/h10-12H,4-9,14H2,1-3H3. The Hall–Kier alpha value is -0.570. The molecule has 0 aromatic rings. The second kappa shape index (κ2) is 6.24. The first-order valence-electron chi connectivity index (χ1n) is 6.64. The summed E-state index contributed by atoms with van der Waals surface area (Å²) < 4.78 is 0. The van der Waals surface area contributed by atoms with Crippen LogP contribution in [-0.4, -0.2) is 29.9 Å². The average molecular weight is 226 g/mol. The Balaban J connectivity index is 2.44. The molecule has 94 valence electrons. The lowest BCUT2D eigenvalue weighted by Gasteiger charge is -2.24. The second-order valence-electron chi connectivity index (χ2n) is 5.14. The summed E-state index contributed by atoms with van der Waals surface area (Å²) in [5.41, 5.74) is 5.98. The highest BCUT2D eigenvalue weighted by Gasteiger charge is 2.30. The molecule has 0 radical (unpaired) electrons. The molecule has 3 nitrogen and oxygen atoms in total. The van der Waals surface area contributed by atoms with E-state index in [1.165, 1.54) is 12.8 Å². The van der Waals surface area contributed by atoms with Crippen molar-refractivity contribution in [2.75, 3.05) is 13.1 Å². The van der Waals surface area contributed by atoms with E-state index < -0.39 is 0 Å². The lowest BCUT2D eigenvalue weighted by Crippen LogP contribution is -2.46. The van der Waals surface area contributed by atoms with Gasteiger partial charge in [0.15, 0.2) is 0 Å². The molecule has 0 bridgehead atoms. The normalized spacial score (nSPS) is 24.5. The quantitative estimate of drug-likeness (QED) is 0.779. The third-order valence-electron chi connectivity index (χ3n) is 3.84. The summed E-state index contributed by atoms with van der Waals surface area (Å²) >= 11 is 0. The van der Waals surface area contributed by atoms with Crippen molar-refractivity contribution in [3.63, 3.8) is 0 Å². The molecule has 1 fully saturated rings. The fourth-order valence-corrected chi connectivity index (χ4v) is 2.38. The van der Waals surface area contributed by atoms with Gasteiger partial charge in [-0.05, 0) is 24.7 Å². The summed E-state index contributed by atoms with van der Waals surface area (Å²) in [5.74, 6) is 1.16. The Morgan fingerprint density at radius 1 is 1.50 bits per heavy atom. The average Bonchev–Trinajstić information content (AvgIpc) is 2.75. The molecule has 16 heavy (non-hydrogen) atoms. The van der Waals surface area contributed by atoms with Crippen molar-refractivity contribution in [2.45, 2.75) is 52.5 Å². The number of amides is 1. The van der Waals surface area contributed by atoms with E-state index in [0.717, 1.165) is 25.9 Å². The van der Waals surface area contributed by atoms with Gasteiger partial charge in [-0.2, -0.15) is 0 Å². The van der Waals surface area contributed by atoms with Crippen molar-refractivity contribution in [3.05, 3.63) is 0 Å². The minimum Gasteiger partial charge on any atom is -0.341 e. The summed E-state index contributed by atoms with van der Waals surface area (Å²) in [7, 11) is 0. The van der Waals surface area contributed by atoms with Crippen LogP contribution in [0.15, 0.2) is 0 Å². The van der Waals surface area contributed by atoms with Crippen LogP contribution in [0, 0.1) is 11.8 Å². The Labute approximate surface area is 99.4 Å². The van der Waals surface area contributed by atoms with E-state index in [9.17, 15) is 4.79 Å². The summed E-state index contributed by atoms with van der Waals surface area (Å²) in [6.45, 7) is 8.18. The van der Waals surface area contributed by atoms with Crippen LogP contribution in [0.4, 0.5) is 0 Å². The smallest absolute Gasteiger partial charge is 0.239 e. The van der Waals surface area contributed by atoms with Crippen molar-refractivity contribution in [1.29, 1.82) is 0 Å². The van der Waals surface area contributed by atoms with E-state index in [2.05, 4.69) is 20.8 Å². The van der Waals surface area contributed by atoms with E-state index >= 15 is 0 Å². The van der Waals surface area contributed by atoms with Crippen molar-refractivity contribution in [1.82, 2.24) is 4.90 Å². The van der Waals surface area contributed by atoms with Crippen LogP contribution in [0.3, 0.4) is 0 Å². The molecule has 3 heteroatoms. The molecule has 1 saturated heterocycles. The molecule has 1 rings (SSSR count). The number of hydrogen-bond donors (Lipinski definition) is 1. The van der Waals surface area contributed by atoms with Crippen LogP contribution in [-0.2, 0) is 4.79 Å². The highest BCUT2D eigenvalue weighted by atomic mass is 16.2. The van der Waals surface area contributed by atoms with Gasteiger partial charge >= 0.3 is 0 Å². The highest BCUT2D eigenvalue weighted by Crippen LogP contribution is 2.22. The number of rotatable bonds is 5. The minimum absolute atomic E-state index is 0.160. The van der Waals surface area contributed by atoms with Crippen molar-refractivity contribution >= 4 is 5.91 Å². The first kappa shape index (κ1) is 13.5. The number of carbonyl (C=O) groups is 1. The minimum atomic E-state index is -0.301. The lowest BCUT2D eigenvalue weighted by molar-refractivity contribution is -0.132. The fraction of sp³-hybridized carbons (Fsp3) is 0.923. The predicted octanol–water partition coefficient (Wildman–Crippen LogP) is 2.01. The number of nitrogens with two attached hydrogens (primary N) is 1. The van der Waals surface area contributed by atoms with Gasteiger partial charge in [0, 0.05) is 13.1 Å². The molecule has 1 aliphatic rings. The summed E-state index contributed by atoms with van der Waals surface area (Å²) in [4.78, 5) is 14.1. The van der Waals surface area contributed by atoms with Gasteiger partial charge in [-0.15, -0.1) is 0 Å². The van der Waals surface area contributed by atoms with E-state index in [-0.39, 0.29) is 17.9 Å². The van der Waals surface area contributed by atoms with Crippen LogP contribution in [0.1, 0.15) is 46.5 Å². The molecule has 1 aliphatic heterocycles. The number of hydrogen-bond acceptors (Lipinski definition) is 2. The molecule has 1 heterocycles. The maximum Gasteiger partial charge on any atom is 0.239 e. The predicted molar refractivity (Wildman–Crippen MR) is 67.0 cm³/mol. The van der Waals surface area contributed by atoms with Gasteiger partial charge in [0.2, 0.25) is 5.91 Å². The van der Waals surface area contributed by atoms with Crippen molar-refractivity contribution in [2.24, 2.45) is 17.6 Å². The van der Waals surface area contributed by atoms with E-state index in [4.69, 9.17) is 5.73 Å². The van der Waals surface area contributed by atoms with Gasteiger partial charge in [-0.3, -0.25) is 4.79 Å². The van der Waals surface area contributed by atoms with Crippen LogP contribution in [0.25, 0.3) is 0 Å². The first-order chi connectivity index (χ1) is 7.60. The maximum absolute atomic E-state index is 12.1. The molecule has 2 N–H and O–H groups in total. The third-order valence-corrected chi connectivity index (χ3v) is 3.84. The van der Waals surface area contributed by atoms with Gasteiger partial charge in [0.25, 0.3) is 0 Å². The van der Waals surface area contributed by atoms with Gasteiger partial charge in [-0.1, -0.05) is 33.6 Å². The van der Waals surface area contributed by atoms with Crippen molar-refractivity contribution < 1.29 is 4.79 Å². The molecule has 1 amide bonds. The SMILES string of the molecule is CCCC1CCN(C(=O)C(N)C(C)CC)C1.